The van der Waals surface area contributed by atoms with Crippen molar-refractivity contribution >= 4 is 12.0 Å². The predicted molar refractivity (Wildman–Crippen MR) is 147 cm³/mol. The Morgan fingerprint density at radius 1 is 1.18 bits per heavy atom. The number of piperidine rings is 1. The van der Waals surface area contributed by atoms with Gasteiger partial charge in [-0.3, -0.25) is 9.69 Å². The van der Waals surface area contributed by atoms with Crippen molar-refractivity contribution in [1.29, 1.82) is 0 Å². The summed E-state index contributed by atoms with van der Waals surface area (Å²) in [6.07, 6.45) is 11.2. The number of nitrogens with zero attached hydrogens (tertiary/aromatic N) is 2. The fraction of sp³-hybridized carbons (Fsp3) is 0.406. The molecule has 4 atom stereocenters. The van der Waals surface area contributed by atoms with Crippen molar-refractivity contribution in [2.45, 2.75) is 61.6 Å². The van der Waals surface area contributed by atoms with E-state index >= 15 is 0 Å². The van der Waals surface area contributed by atoms with Crippen LogP contribution in [0.4, 0.5) is 0 Å². The second-order valence-corrected chi connectivity index (χ2v) is 11.3. The first-order valence-electron chi connectivity index (χ1n) is 13.7. The number of carbonyl (C=O) groups is 1. The summed E-state index contributed by atoms with van der Waals surface area (Å²) in [5, 5.41) is 23.1. The Labute approximate surface area is 224 Å². The molecule has 198 valence electrons. The largest absolute Gasteiger partial charge is 0.508 e. The summed E-state index contributed by atoms with van der Waals surface area (Å²) in [5.41, 5.74) is 3.03. The summed E-state index contributed by atoms with van der Waals surface area (Å²) in [6, 6.07) is 18.0. The van der Waals surface area contributed by atoms with Crippen LogP contribution in [0.15, 0.2) is 77.6 Å². The molecule has 1 saturated heterocycles. The predicted octanol–water partition coefficient (Wildman–Crippen LogP) is 4.55. The number of fused-ring (bicyclic) bond motifs is 1. The molecule has 1 aromatic heterocycles. The van der Waals surface area contributed by atoms with E-state index < -0.39 is 11.0 Å². The highest BCUT2D eigenvalue weighted by Gasteiger charge is 2.64. The Morgan fingerprint density at radius 3 is 2.82 bits per heavy atom. The second kappa shape index (κ2) is 9.75. The molecule has 0 radical (unpaired) electrons. The zero-order valence-corrected chi connectivity index (χ0v) is 21.9. The molecule has 1 aliphatic heterocycles. The highest BCUT2D eigenvalue weighted by atomic mass is 16.3. The summed E-state index contributed by atoms with van der Waals surface area (Å²) in [5.74, 6) is 0.182. The van der Waals surface area contributed by atoms with Crippen molar-refractivity contribution in [2.75, 3.05) is 20.1 Å². The van der Waals surface area contributed by atoms with E-state index in [1.165, 1.54) is 11.1 Å². The van der Waals surface area contributed by atoms with Crippen molar-refractivity contribution in [1.82, 2.24) is 9.80 Å². The number of phenolic OH excluding ortho intramolecular Hbond substituents is 1. The van der Waals surface area contributed by atoms with Crippen molar-refractivity contribution in [3.05, 3.63) is 95.5 Å². The quantitative estimate of drug-likeness (QED) is 0.474. The Hall–Kier alpha value is -3.35. The maximum absolute atomic E-state index is 13.1. The summed E-state index contributed by atoms with van der Waals surface area (Å²) in [4.78, 5) is 17.4. The van der Waals surface area contributed by atoms with Gasteiger partial charge in [0.1, 0.15) is 5.75 Å². The van der Waals surface area contributed by atoms with Crippen molar-refractivity contribution in [3.63, 3.8) is 0 Å². The molecule has 6 nitrogen and oxygen atoms in total. The third-order valence-corrected chi connectivity index (χ3v) is 9.50. The van der Waals surface area contributed by atoms with E-state index in [0.29, 0.717) is 12.8 Å². The number of aromatic hydroxyl groups is 1. The van der Waals surface area contributed by atoms with Gasteiger partial charge in [0.05, 0.1) is 18.1 Å². The van der Waals surface area contributed by atoms with Crippen molar-refractivity contribution < 1.29 is 19.4 Å². The second-order valence-electron chi connectivity index (χ2n) is 11.3. The number of likely N-dealkylation sites (N-methyl/N-ethyl adjacent to an activating group) is 1. The van der Waals surface area contributed by atoms with E-state index in [-0.39, 0.29) is 23.7 Å². The zero-order chi connectivity index (χ0) is 26.3. The minimum Gasteiger partial charge on any atom is -0.508 e. The molecular formula is C32H36N2O4. The number of rotatable bonds is 6. The highest BCUT2D eigenvalue weighted by Crippen LogP contribution is 2.59. The van der Waals surface area contributed by atoms with Crippen LogP contribution in [-0.2, 0) is 23.1 Å². The molecule has 1 amide bonds. The van der Waals surface area contributed by atoms with Crippen LogP contribution < -0.4 is 0 Å². The van der Waals surface area contributed by atoms with Gasteiger partial charge in [0.15, 0.2) is 0 Å². The number of phenols is 1. The van der Waals surface area contributed by atoms with Crippen LogP contribution in [-0.4, -0.2) is 63.7 Å². The number of amides is 1. The number of hydrogen-bond acceptors (Lipinski definition) is 5. The Balaban J connectivity index is 1.29. The molecule has 6 heteroatoms. The van der Waals surface area contributed by atoms with Gasteiger partial charge in [0.25, 0.3) is 0 Å². The van der Waals surface area contributed by atoms with Crippen molar-refractivity contribution in [3.8, 4) is 5.75 Å². The third kappa shape index (κ3) is 4.16. The molecule has 0 unspecified atom stereocenters. The van der Waals surface area contributed by atoms with Gasteiger partial charge in [0.2, 0.25) is 5.91 Å². The van der Waals surface area contributed by atoms with Crippen LogP contribution in [0.3, 0.4) is 0 Å². The SMILES string of the molecule is CN(C(=O)/C=C/c1ccoc1)[C@@H]1CC[C@@]2(O)[C@H]3Cc4ccc(O)cc4[C@@]2(CCN3CCc2ccccc2)C1. The van der Waals surface area contributed by atoms with E-state index in [0.717, 1.165) is 49.9 Å². The lowest BCUT2D eigenvalue weighted by Crippen LogP contribution is -2.74. The molecule has 3 aliphatic rings. The number of benzene rings is 2. The molecule has 2 N–H and O–H groups in total. The topological polar surface area (TPSA) is 77.2 Å². The first kappa shape index (κ1) is 25.0. The average Bonchev–Trinajstić information content (AvgIpc) is 3.45. The van der Waals surface area contributed by atoms with Crippen LogP contribution in [0, 0.1) is 0 Å². The minimum absolute atomic E-state index is 0.00147. The van der Waals surface area contributed by atoms with E-state index in [1.807, 2.05) is 36.2 Å². The first-order valence-corrected chi connectivity index (χ1v) is 13.7. The number of furan rings is 1. The van der Waals surface area contributed by atoms with Gasteiger partial charge in [-0.25, -0.2) is 0 Å². The zero-order valence-electron chi connectivity index (χ0n) is 21.9. The molecule has 38 heavy (non-hydrogen) atoms. The summed E-state index contributed by atoms with van der Waals surface area (Å²) in [6.45, 7) is 1.79. The van der Waals surface area contributed by atoms with Crippen LogP contribution in [0.2, 0.25) is 0 Å². The number of hydrogen-bond donors (Lipinski definition) is 2. The molecule has 2 heterocycles. The molecule has 0 spiro atoms. The lowest BCUT2D eigenvalue weighted by atomic mass is 9.48. The van der Waals surface area contributed by atoms with Gasteiger partial charge >= 0.3 is 0 Å². The number of carbonyl (C=O) groups excluding carboxylic acids is 1. The molecule has 2 bridgehead atoms. The number of aliphatic hydroxyl groups is 1. The Kier molecular flexibility index (Phi) is 6.40. The highest BCUT2D eigenvalue weighted by molar-refractivity contribution is 5.91. The minimum atomic E-state index is -0.907. The molecular weight excluding hydrogens is 476 g/mol. The summed E-state index contributed by atoms with van der Waals surface area (Å²) >= 11 is 0. The van der Waals surface area contributed by atoms with Crippen LogP contribution in [0.5, 0.6) is 5.75 Å². The van der Waals surface area contributed by atoms with Crippen LogP contribution >= 0.6 is 0 Å². The van der Waals surface area contributed by atoms with Gasteiger partial charge in [-0.1, -0.05) is 36.4 Å². The van der Waals surface area contributed by atoms with Crippen LogP contribution in [0.1, 0.15) is 47.9 Å². The Bertz CT molecular complexity index is 1320. The Morgan fingerprint density at radius 2 is 2.03 bits per heavy atom. The molecule has 2 fully saturated rings. The first-order chi connectivity index (χ1) is 18.4. The lowest BCUT2D eigenvalue weighted by Gasteiger charge is -2.65. The van der Waals surface area contributed by atoms with Gasteiger partial charge in [-0.2, -0.15) is 0 Å². The summed E-state index contributed by atoms with van der Waals surface area (Å²) < 4.78 is 5.10. The smallest absolute Gasteiger partial charge is 0.246 e. The van der Waals surface area contributed by atoms with Gasteiger partial charge in [0, 0.05) is 42.7 Å². The van der Waals surface area contributed by atoms with Crippen LogP contribution in [0.25, 0.3) is 6.08 Å². The fourth-order valence-electron chi connectivity index (χ4n) is 7.43. The third-order valence-electron chi connectivity index (χ3n) is 9.50. The maximum atomic E-state index is 13.1. The molecule has 1 saturated carbocycles. The molecule has 2 aromatic carbocycles. The normalized spacial score (nSPS) is 28.6. The number of likely N-dealkylation sites (tertiary alicyclic amines) is 1. The van der Waals surface area contributed by atoms with E-state index in [1.54, 1.807) is 30.7 Å². The monoisotopic (exact) mass is 512 g/mol. The van der Waals surface area contributed by atoms with E-state index in [9.17, 15) is 15.0 Å². The van der Waals surface area contributed by atoms with E-state index in [2.05, 4.69) is 29.2 Å². The average molecular weight is 513 g/mol. The molecule has 2 aliphatic carbocycles. The molecule has 3 aromatic rings. The fourth-order valence-corrected chi connectivity index (χ4v) is 7.43. The van der Waals surface area contributed by atoms with Crippen molar-refractivity contribution in [2.24, 2.45) is 0 Å². The van der Waals surface area contributed by atoms with E-state index in [4.69, 9.17) is 4.42 Å². The standard InChI is InChI=1S/C32H36N2O4/c1-33(30(36)10-7-24-13-18-38-22-24)26-11-14-32(37)29-19-25-8-9-27(35)20-28(25)31(32,21-26)15-17-34(29)16-12-23-5-3-2-4-6-23/h2-10,13,18,20,22,26,29,35,37H,11-12,14-17,19,21H2,1H3/b10-7+/t26-,29-,31-,32-/m1/s1. The lowest BCUT2D eigenvalue weighted by molar-refractivity contribution is -0.176. The molecule has 6 rings (SSSR count). The maximum Gasteiger partial charge on any atom is 0.246 e. The van der Waals surface area contributed by atoms with Gasteiger partial charge < -0.3 is 19.5 Å². The van der Waals surface area contributed by atoms with Gasteiger partial charge in [-0.15, -0.1) is 0 Å². The van der Waals surface area contributed by atoms with Gasteiger partial charge in [-0.05, 0) is 86.0 Å². The summed E-state index contributed by atoms with van der Waals surface area (Å²) in [7, 11) is 1.87.